The zero-order valence-electron chi connectivity index (χ0n) is 14.3. The highest BCUT2D eigenvalue weighted by Gasteiger charge is 2.19. The summed E-state index contributed by atoms with van der Waals surface area (Å²) in [5.74, 6) is -0.771. The Kier molecular flexibility index (Phi) is 4.57. The van der Waals surface area contributed by atoms with Crippen LogP contribution in [0.25, 0.3) is 0 Å². The number of halogens is 1. The van der Waals surface area contributed by atoms with Gasteiger partial charge in [0.15, 0.2) is 0 Å². The van der Waals surface area contributed by atoms with Gasteiger partial charge in [0.1, 0.15) is 22.9 Å². The second-order valence-electron chi connectivity index (χ2n) is 5.69. The summed E-state index contributed by atoms with van der Waals surface area (Å²) in [6, 6.07) is 5.37. The predicted octanol–water partition coefficient (Wildman–Crippen LogP) is 3.84. The van der Waals surface area contributed by atoms with E-state index >= 15 is 0 Å². The molecule has 7 nitrogen and oxygen atoms in total. The molecule has 2 N–H and O–H groups in total. The quantitative estimate of drug-likeness (QED) is 0.739. The van der Waals surface area contributed by atoms with Crippen molar-refractivity contribution in [3.05, 3.63) is 64.7 Å². The molecule has 26 heavy (non-hydrogen) atoms. The Morgan fingerprint density at radius 1 is 1.04 bits per heavy atom. The van der Waals surface area contributed by atoms with Gasteiger partial charge in [-0.1, -0.05) is 5.16 Å². The molecule has 0 saturated heterocycles. The van der Waals surface area contributed by atoms with Crippen LogP contribution in [0.3, 0.4) is 0 Å². The lowest BCUT2D eigenvalue weighted by Crippen LogP contribution is -2.16. The average molecular weight is 357 g/mol. The van der Waals surface area contributed by atoms with Gasteiger partial charge in [-0.3, -0.25) is 9.59 Å². The molecule has 0 fully saturated rings. The maximum absolute atomic E-state index is 14.0. The number of amides is 2. The first kappa shape index (κ1) is 17.4. The fourth-order valence-electron chi connectivity index (χ4n) is 2.51. The van der Waals surface area contributed by atoms with Crippen LogP contribution in [-0.4, -0.2) is 17.0 Å². The van der Waals surface area contributed by atoms with Gasteiger partial charge in [-0.15, -0.1) is 0 Å². The van der Waals surface area contributed by atoms with Crippen LogP contribution >= 0.6 is 0 Å². The smallest absolute Gasteiger partial charge is 0.261 e. The van der Waals surface area contributed by atoms with E-state index < -0.39 is 17.6 Å². The summed E-state index contributed by atoms with van der Waals surface area (Å²) < 4.78 is 24.1. The van der Waals surface area contributed by atoms with Crippen LogP contribution < -0.4 is 10.6 Å². The number of anilines is 2. The van der Waals surface area contributed by atoms with E-state index in [-0.39, 0.29) is 5.69 Å². The summed E-state index contributed by atoms with van der Waals surface area (Å²) in [5, 5.41) is 8.83. The lowest BCUT2D eigenvalue weighted by atomic mass is 10.2. The molecule has 3 rings (SSSR count). The molecule has 3 aromatic rings. The summed E-state index contributed by atoms with van der Waals surface area (Å²) in [5.41, 5.74) is 1.32. The number of aryl methyl sites for hydroxylation is 3. The third-order valence-corrected chi connectivity index (χ3v) is 3.84. The van der Waals surface area contributed by atoms with Crippen LogP contribution in [0, 0.1) is 26.6 Å². The molecule has 0 aliphatic rings. The van der Waals surface area contributed by atoms with Gasteiger partial charge < -0.3 is 19.6 Å². The Labute approximate surface area is 148 Å². The largest absolute Gasteiger partial charge is 0.469 e. The van der Waals surface area contributed by atoms with Gasteiger partial charge in [0.25, 0.3) is 11.8 Å². The third kappa shape index (κ3) is 3.34. The number of nitrogens with one attached hydrogen (secondary N) is 2. The van der Waals surface area contributed by atoms with Gasteiger partial charge in [0, 0.05) is 5.69 Å². The fourth-order valence-corrected chi connectivity index (χ4v) is 2.51. The molecule has 0 aliphatic carbocycles. The number of rotatable bonds is 4. The highest BCUT2D eigenvalue weighted by Crippen LogP contribution is 2.22. The maximum atomic E-state index is 14.0. The molecule has 0 radical (unpaired) electrons. The number of carbonyl (C=O) groups excluding carboxylic acids is 2. The minimum atomic E-state index is -0.630. The summed E-state index contributed by atoms with van der Waals surface area (Å²) in [6.45, 7) is 4.90. The van der Waals surface area contributed by atoms with Gasteiger partial charge in [0.05, 0.1) is 23.2 Å². The number of carbonyl (C=O) groups is 2. The molecule has 0 unspecified atom stereocenters. The van der Waals surface area contributed by atoms with E-state index in [2.05, 4.69) is 15.8 Å². The summed E-state index contributed by atoms with van der Waals surface area (Å²) in [6.07, 6.45) is 1.38. The van der Waals surface area contributed by atoms with Crippen LogP contribution in [0.1, 0.15) is 37.9 Å². The third-order valence-electron chi connectivity index (χ3n) is 3.84. The van der Waals surface area contributed by atoms with Crippen LogP contribution in [0.15, 0.2) is 39.5 Å². The fraction of sp³-hybridized carbons (Fsp3) is 0.167. The Hall–Kier alpha value is -3.42. The van der Waals surface area contributed by atoms with Gasteiger partial charge in [-0.2, -0.15) is 0 Å². The van der Waals surface area contributed by atoms with E-state index in [1.807, 2.05) is 0 Å². The Morgan fingerprint density at radius 2 is 1.81 bits per heavy atom. The van der Waals surface area contributed by atoms with Crippen molar-refractivity contribution in [3.8, 4) is 0 Å². The van der Waals surface area contributed by atoms with E-state index in [4.69, 9.17) is 8.94 Å². The number of hydrogen-bond acceptors (Lipinski definition) is 5. The van der Waals surface area contributed by atoms with Crippen LogP contribution in [0.2, 0.25) is 0 Å². The first-order valence-electron chi connectivity index (χ1n) is 7.76. The monoisotopic (exact) mass is 357 g/mol. The molecule has 1 aromatic carbocycles. The van der Waals surface area contributed by atoms with Crippen molar-refractivity contribution in [1.29, 1.82) is 0 Å². The molecule has 0 saturated carbocycles. The van der Waals surface area contributed by atoms with E-state index in [0.29, 0.717) is 34.0 Å². The molecule has 0 bridgehead atoms. The van der Waals surface area contributed by atoms with Crippen molar-refractivity contribution < 1.29 is 22.9 Å². The first-order chi connectivity index (χ1) is 12.4. The van der Waals surface area contributed by atoms with Crippen molar-refractivity contribution in [3.63, 3.8) is 0 Å². The number of hydrogen-bond donors (Lipinski definition) is 2. The van der Waals surface area contributed by atoms with E-state index in [9.17, 15) is 14.0 Å². The van der Waals surface area contributed by atoms with Crippen molar-refractivity contribution in [1.82, 2.24) is 5.16 Å². The zero-order valence-corrected chi connectivity index (χ0v) is 14.3. The van der Waals surface area contributed by atoms with E-state index in [1.54, 1.807) is 20.8 Å². The first-order valence-corrected chi connectivity index (χ1v) is 7.76. The molecular weight excluding hydrogens is 341 g/mol. The molecule has 8 heteroatoms. The van der Waals surface area contributed by atoms with E-state index in [1.165, 1.54) is 24.5 Å². The summed E-state index contributed by atoms with van der Waals surface area (Å²) >= 11 is 0. The topological polar surface area (TPSA) is 97.4 Å². The van der Waals surface area contributed by atoms with Crippen molar-refractivity contribution >= 4 is 23.2 Å². The van der Waals surface area contributed by atoms with Crippen molar-refractivity contribution in [2.45, 2.75) is 20.8 Å². The van der Waals surface area contributed by atoms with Gasteiger partial charge in [-0.05, 0) is 45.0 Å². The summed E-state index contributed by atoms with van der Waals surface area (Å²) in [7, 11) is 0. The van der Waals surface area contributed by atoms with Crippen molar-refractivity contribution in [2.24, 2.45) is 0 Å². The van der Waals surface area contributed by atoms with Crippen LogP contribution in [0.4, 0.5) is 15.8 Å². The maximum Gasteiger partial charge on any atom is 0.261 e. The Balaban J connectivity index is 1.81. The van der Waals surface area contributed by atoms with Gasteiger partial charge in [0.2, 0.25) is 0 Å². The second-order valence-corrected chi connectivity index (χ2v) is 5.69. The minimum absolute atomic E-state index is 0.0628. The highest BCUT2D eigenvalue weighted by molar-refractivity contribution is 6.07. The highest BCUT2D eigenvalue weighted by atomic mass is 19.1. The second kappa shape index (κ2) is 6.83. The normalized spacial score (nSPS) is 10.6. The van der Waals surface area contributed by atoms with Crippen molar-refractivity contribution in [2.75, 3.05) is 10.6 Å². The number of nitrogens with zero attached hydrogens (tertiary/aromatic N) is 1. The molecule has 0 spiro atoms. The lowest BCUT2D eigenvalue weighted by Gasteiger charge is -2.10. The Morgan fingerprint density at radius 3 is 2.42 bits per heavy atom. The lowest BCUT2D eigenvalue weighted by molar-refractivity contribution is 0.101. The average Bonchev–Trinajstić information content (AvgIpc) is 3.16. The number of aromatic nitrogens is 1. The summed E-state index contributed by atoms with van der Waals surface area (Å²) in [4.78, 5) is 24.6. The molecule has 2 aromatic heterocycles. The predicted molar refractivity (Wildman–Crippen MR) is 91.7 cm³/mol. The zero-order chi connectivity index (χ0) is 18.8. The number of furan rings is 1. The number of benzene rings is 1. The molecule has 2 heterocycles. The molecule has 0 aliphatic heterocycles. The van der Waals surface area contributed by atoms with Crippen LogP contribution in [-0.2, 0) is 0 Å². The Bertz CT molecular complexity index is 971. The molecule has 0 atom stereocenters. The van der Waals surface area contributed by atoms with E-state index in [0.717, 1.165) is 6.07 Å². The minimum Gasteiger partial charge on any atom is -0.469 e. The molecule has 134 valence electrons. The molecular formula is C18H16FN3O4. The SMILES string of the molecule is Cc1noc(C)c1C(=O)Nc1ccc(F)c(NC(=O)c2ccoc2C)c1. The van der Waals surface area contributed by atoms with Gasteiger partial charge in [-0.25, -0.2) is 4.39 Å². The van der Waals surface area contributed by atoms with Gasteiger partial charge >= 0.3 is 0 Å². The standard InChI is InChI=1S/C18H16FN3O4/c1-9-16(11(3)26-22-9)18(24)20-12-4-5-14(19)15(8-12)21-17(23)13-6-7-25-10(13)2/h4-8H,1-3H3,(H,20,24)(H,21,23). The van der Waals surface area contributed by atoms with Crippen LogP contribution in [0.5, 0.6) is 0 Å². The molecule has 2 amide bonds.